The lowest BCUT2D eigenvalue weighted by Gasteiger charge is -2.48. The van der Waals surface area contributed by atoms with Crippen LogP contribution in [0.25, 0.3) is 0 Å². The Morgan fingerprint density at radius 3 is 2.60 bits per heavy atom. The topological polar surface area (TPSA) is 75.8 Å². The molecule has 1 aliphatic heterocycles. The van der Waals surface area contributed by atoms with Gasteiger partial charge in [-0.3, -0.25) is 0 Å². The molecule has 2 rings (SSSR count). The van der Waals surface area contributed by atoms with Crippen LogP contribution in [0.3, 0.4) is 0 Å². The largest absolute Gasteiger partial charge is 0.444 e. The van der Waals surface area contributed by atoms with Crippen LogP contribution in [-0.2, 0) is 4.74 Å². The zero-order valence-corrected chi connectivity index (χ0v) is 12.9. The van der Waals surface area contributed by atoms with E-state index in [1.54, 1.807) is 4.90 Å². The van der Waals surface area contributed by atoms with Crippen LogP contribution in [0.5, 0.6) is 0 Å². The fourth-order valence-corrected chi connectivity index (χ4v) is 3.30. The summed E-state index contributed by atoms with van der Waals surface area (Å²) in [6, 6.07) is 0.277. The molecule has 2 atom stereocenters. The average molecular weight is 284 g/mol. The van der Waals surface area contributed by atoms with Crippen LogP contribution in [0.1, 0.15) is 52.9 Å². The van der Waals surface area contributed by atoms with Gasteiger partial charge in [-0.2, -0.15) is 0 Å². The maximum atomic E-state index is 11.8. The molecule has 0 bridgehead atoms. The van der Waals surface area contributed by atoms with Crippen molar-refractivity contribution in [2.75, 3.05) is 13.1 Å². The third-order valence-electron chi connectivity index (χ3n) is 4.11. The van der Waals surface area contributed by atoms with Gasteiger partial charge >= 0.3 is 6.09 Å². The minimum Gasteiger partial charge on any atom is -0.444 e. The molecule has 1 saturated heterocycles. The second kappa shape index (κ2) is 5.53. The normalized spacial score (nSPS) is 29.8. The van der Waals surface area contributed by atoms with Crippen molar-refractivity contribution in [1.29, 1.82) is 0 Å². The molecule has 5 heteroatoms. The lowest BCUT2D eigenvalue weighted by atomic mass is 9.76. The summed E-state index contributed by atoms with van der Waals surface area (Å²) in [5, 5.41) is 10.5. The molecule has 0 aromatic carbocycles. The maximum Gasteiger partial charge on any atom is 0.410 e. The molecule has 1 saturated carbocycles. The molecule has 0 radical (unpaired) electrons. The van der Waals surface area contributed by atoms with E-state index in [9.17, 15) is 9.90 Å². The smallest absolute Gasteiger partial charge is 0.410 e. The Bertz CT molecular complexity index is 359. The number of nitrogens with two attached hydrogens (primary N) is 1. The first-order chi connectivity index (χ1) is 9.17. The summed E-state index contributed by atoms with van der Waals surface area (Å²) in [5.74, 6) is 0.490. The zero-order chi connectivity index (χ0) is 15.0. The first kappa shape index (κ1) is 15.6. The highest BCUT2D eigenvalue weighted by Crippen LogP contribution is 2.35. The highest BCUT2D eigenvalue weighted by molar-refractivity contribution is 5.69. The van der Waals surface area contributed by atoms with Crippen LogP contribution in [0, 0.1) is 5.92 Å². The Balaban J connectivity index is 1.77. The van der Waals surface area contributed by atoms with Gasteiger partial charge in [0.2, 0.25) is 0 Å². The van der Waals surface area contributed by atoms with Gasteiger partial charge in [-0.25, -0.2) is 4.79 Å². The predicted molar refractivity (Wildman–Crippen MR) is 77.3 cm³/mol. The van der Waals surface area contributed by atoms with E-state index in [0.29, 0.717) is 19.0 Å². The number of amides is 1. The molecule has 116 valence electrons. The van der Waals surface area contributed by atoms with Gasteiger partial charge in [0, 0.05) is 6.04 Å². The second-order valence-corrected chi connectivity index (χ2v) is 7.56. The summed E-state index contributed by atoms with van der Waals surface area (Å²) in [4.78, 5) is 13.4. The number of β-amino-alcohol motifs (C(OH)–C–C–N with tert-alkyl or cyclic N) is 1. The van der Waals surface area contributed by atoms with Crippen molar-refractivity contribution in [2.24, 2.45) is 11.7 Å². The molecular weight excluding hydrogens is 256 g/mol. The van der Waals surface area contributed by atoms with E-state index in [2.05, 4.69) is 0 Å². The number of aliphatic hydroxyl groups is 1. The Morgan fingerprint density at radius 1 is 1.40 bits per heavy atom. The monoisotopic (exact) mass is 284 g/mol. The van der Waals surface area contributed by atoms with Gasteiger partial charge in [-0.05, 0) is 46.0 Å². The highest BCUT2D eigenvalue weighted by atomic mass is 16.6. The van der Waals surface area contributed by atoms with Crippen molar-refractivity contribution in [3.8, 4) is 0 Å². The molecule has 3 N–H and O–H groups in total. The Hall–Kier alpha value is -0.810. The van der Waals surface area contributed by atoms with E-state index < -0.39 is 11.2 Å². The molecule has 2 fully saturated rings. The van der Waals surface area contributed by atoms with Crippen molar-refractivity contribution < 1.29 is 14.6 Å². The van der Waals surface area contributed by atoms with Crippen LogP contribution >= 0.6 is 0 Å². The SMILES string of the molecule is CC(C)(C)OC(=O)N1CC(O)(C[C@@H]2CCC[C@H](N)C2)C1. The van der Waals surface area contributed by atoms with E-state index >= 15 is 0 Å². The molecule has 1 heterocycles. The molecular formula is C15H28N2O3. The van der Waals surface area contributed by atoms with Crippen molar-refractivity contribution in [2.45, 2.75) is 70.1 Å². The Morgan fingerprint density at radius 2 is 2.05 bits per heavy atom. The Labute approximate surface area is 121 Å². The first-order valence-corrected chi connectivity index (χ1v) is 7.63. The summed E-state index contributed by atoms with van der Waals surface area (Å²) in [5.41, 5.74) is 4.76. The number of carbonyl (C=O) groups is 1. The summed E-state index contributed by atoms with van der Waals surface area (Å²) in [7, 11) is 0. The quantitative estimate of drug-likeness (QED) is 0.811. The molecule has 0 spiro atoms. The van der Waals surface area contributed by atoms with Gasteiger partial charge in [-0.15, -0.1) is 0 Å². The Kier molecular flexibility index (Phi) is 4.30. The maximum absolute atomic E-state index is 11.8. The van der Waals surface area contributed by atoms with E-state index in [-0.39, 0.29) is 12.1 Å². The summed E-state index contributed by atoms with van der Waals surface area (Å²) >= 11 is 0. The van der Waals surface area contributed by atoms with Crippen LogP contribution in [0.4, 0.5) is 4.79 Å². The summed E-state index contributed by atoms with van der Waals surface area (Å²) in [6.07, 6.45) is 4.80. The van der Waals surface area contributed by atoms with Gasteiger partial charge < -0.3 is 20.5 Å². The standard InChI is InChI=1S/C15H28N2O3/c1-14(2,3)20-13(18)17-9-15(19,10-17)8-11-5-4-6-12(16)7-11/h11-12,19H,4-10,16H2,1-3H3/t11-,12+/m1/s1. The highest BCUT2D eigenvalue weighted by Gasteiger charge is 2.46. The minimum atomic E-state index is -0.737. The van der Waals surface area contributed by atoms with Crippen LogP contribution in [-0.4, -0.2) is 46.4 Å². The van der Waals surface area contributed by atoms with E-state index in [1.807, 2.05) is 20.8 Å². The third-order valence-corrected chi connectivity index (χ3v) is 4.11. The minimum absolute atomic E-state index is 0.277. The van der Waals surface area contributed by atoms with E-state index in [1.165, 1.54) is 0 Å². The lowest BCUT2D eigenvalue weighted by Crippen LogP contribution is -2.64. The molecule has 1 amide bonds. The van der Waals surface area contributed by atoms with E-state index in [4.69, 9.17) is 10.5 Å². The number of rotatable bonds is 2. The molecule has 0 aromatic heterocycles. The van der Waals surface area contributed by atoms with Crippen LogP contribution < -0.4 is 5.73 Å². The third kappa shape index (κ3) is 4.09. The van der Waals surface area contributed by atoms with Crippen molar-refractivity contribution in [3.63, 3.8) is 0 Å². The summed E-state index contributed by atoms with van der Waals surface area (Å²) in [6.45, 7) is 6.31. The van der Waals surface area contributed by atoms with Gasteiger partial charge in [0.1, 0.15) is 11.2 Å². The van der Waals surface area contributed by atoms with Gasteiger partial charge in [-0.1, -0.05) is 12.8 Å². The molecule has 20 heavy (non-hydrogen) atoms. The van der Waals surface area contributed by atoms with Gasteiger partial charge in [0.05, 0.1) is 13.1 Å². The number of hydrogen-bond donors (Lipinski definition) is 2. The molecule has 1 aliphatic carbocycles. The van der Waals surface area contributed by atoms with E-state index in [0.717, 1.165) is 32.1 Å². The molecule has 5 nitrogen and oxygen atoms in total. The number of hydrogen-bond acceptors (Lipinski definition) is 4. The molecule has 2 aliphatic rings. The zero-order valence-electron chi connectivity index (χ0n) is 12.9. The van der Waals surface area contributed by atoms with Crippen LogP contribution in [0.2, 0.25) is 0 Å². The fourth-order valence-electron chi connectivity index (χ4n) is 3.30. The lowest BCUT2D eigenvalue weighted by molar-refractivity contribution is -0.112. The first-order valence-electron chi connectivity index (χ1n) is 7.63. The van der Waals surface area contributed by atoms with Crippen molar-refractivity contribution >= 4 is 6.09 Å². The number of carbonyl (C=O) groups excluding carboxylic acids is 1. The number of nitrogens with zero attached hydrogens (tertiary/aromatic N) is 1. The average Bonchev–Trinajstić information content (AvgIpc) is 2.23. The predicted octanol–water partition coefficient (Wildman–Crippen LogP) is 1.88. The second-order valence-electron chi connectivity index (χ2n) is 7.56. The summed E-state index contributed by atoms with van der Waals surface area (Å²) < 4.78 is 5.30. The van der Waals surface area contributed by atoms with Gasteiger partial charge in [0.15, 0.2) is 0 Å². The number of likely N-dealkylation sites (tertiary alicyclic amines) is 1. The van der Waals surface area contributed by atoms with Crippen molar-refractivity contribution in [1.82, 2.24) is 4.90 Å². The molecule has 0 aromatic rings. The van der Waals surface area contributed by atoms with Crippen molar-refractivity contribution in [3.05, 3.63) is 0 Å². The van der Waals surface area contributed by atoms with Gasteiger partial charge in [0.25, 0.3) is 0 Å². The fraction of sp³-hybridized carbons (Fsp3) is 0.933. The molecule has 0 unspecified atom stereocenters. The van der Waals surface area contributed by atoms with Crippen LogP contribution in [0.15, 0.2) is 0 Å². The number of ether oxygens (including phenoxy) is 1.